The van der Waals surface area contributed by atoms with Crippen LogP contribution in [0.25, 0.3) is 0 Å². The maximum absolute atomic E-state index is 12.3. The van der Waals surface area contributed by atoms with Crippen molar-refractivity contribution in [3.05, 3.63) is 26.4 Å². The zero-order valence-corrected chi connectivity index (χ0v) is 10.3. The Morgan fingerprint density at radius 2 is 1.88 bits per heavy atom. The first kappa shape index (κ1) is 10.6. The first-order valence-corrected chi connectivity index (χ1v) is 6.24. The average molecular weight is 235 g/mol. The molecule has 5 heteroatoms. The van der Waals surface area contributed by atoms with Crippen LogP contribution >= 0.6 is 0 Å². The highest BCUT2D eigenvalue weighted by Crippen LogP contribution is 2.27. The average Bonchev–Trinajstić information content (AvgIpc) is 2.70. The molecule has 0 N–H and O–H groups in total. The van der Waals surface area contributed by atoms with Crippen LogP contribution in [0.3, 0.4) is 0 Å². The van der Waals surface area contributed by atoms with Crippen LogP contribution in [0.1, 0.15) is 31.9 Å². The second-order valence-electron chi connectivity index (χ2n) is 5.10. The summed E-state index contributed by atoms with van der Waals surface area (Å²) in [5.41, 5.74) is 0.609. The molecule has 5 nitrogen and oxygen atoms in total. The molecule has 3 rings (SSSR count). The Kier molecular flexibility index (Phi) is 2.18. The molecule has 0 radical (unpaired) electrons. The van der Waals surface area contributed by atoms with E-state index in [1.165, 1.54) is 4.57 Å². The summed E-state index contributed by atoms with van der Waals surface area (Å²) in [6.45, 7) is 6.32. The van der Waals surface area contributed by atoms with Gasteiger partial charge < -0.3 is 4.90 Å². The van der Waals surface area contributed by atoms with Crippen molar-refractivity contribution in [3.63, 3.8) is 0 Å². The van der Waals surface area contributed by atoms with Gasteiger partial charge in [0.1, 0.15) is 5.82 Å². The fraction of sp³-hybridized carbons (Fsp3) is 0.667. The van der Waals surface area contributed by atoms with Crippen molar-refractivity contribution < 1.29 is 0 Å². The van der Waals surface area contributed by atoms with E-state index in [-0.39, 0.29) is 17.3 Å². The zero-order chi connectivity index (χ0) is 12.2. The van der Waals surface area contributed by atoms with E-state index < -0.39 is 0 Å². The van der Waals surface area contributed by atoms with E-state index >= 15 is 0 Å². The summed E-state index contributed by atoms with van der Waals surface area (Å²) in [4.78, 5) is 26.8. The van der Waals surface area contributed by atoms with E-state index in [2.05, 4.69) is 4.90 Å². The minimum atomic E-state index is -0.145. The molecule has 0 unspecified atom stereocenters. The van der Waals surface area contributed by atoms with E-state index in [9.17, 15) is 9.59 Å². The summed E-state index contributed by atoms with van der Waals surface area (Å²) in [6.07, 6.45) is 1.82. The van der Waals surface area contributed by atoms with Gasteiger partial charge in [-0.25, -0.2) is 4.79 Å². The first-order valence-electron chi connectivity index (χ1n) is 6.24. The maximum atomic E-state index is 12.3. The SMILES string of the molecule is CC(C)n1c(=O)c2c3n(c1=O)CCN3CCC2. The van der Waals surface area contributed by atoms with Gasteiger partial charge in [-0.1, -0.05) is 0 Å². The number of nitrogens with zero attached hydrogens (tertiary/aromatic N) is 3. The Morgan fingerprint density at radius 3 is 2.59 bits per heavy atom. The second-order valence-corrected chi connectivity index (χ2v) is 5.10. The van der Waals surface area contributed by atoms with Gasteiger partial charge in [-0.2, -0.15) is 0 Å². The van der Waals surface area contributed by atoms with Gasteiger partial charge in [0.05, 0.1) is 5.56 Å². The predicted octanol–water partition coefficient (Wildman–Crippen LogP) is 0.357. The van der Waals surface area contributed by atoms with E-state index in [1.807, 2.05) is 13.8 Å². The molecule has 0 bridgehead atoms. The van der Waals surface area contributed by atoms with Gasteiger partial charge in [0.15, 0.2) is 0 Å². The van der Waals surface area contributed by atoms with Gasteiger partial charge in [0, 0.05) is 25.7 Å². The van der Waals surface area contributed by atoms with Crippen LogP contribution in [-0.4, -0.2) is 22.2 Å². The Morgan fingerprint density at radius 1 is 1.12 bits per heavy atom. The smallest absolute Gasteiger partial charge is 0.332 e. The third kappa shape index (κ3) is 1.31. The molecule has 92 valence electrons. The highest BCUT2D eigenvalue weighted by atomic mass is 16.2. The summed E-state index contributed by atoms with van der Waals surface area (Å²) >= 11 is 0. The molecule has 1 aromatic rings. The summed E-state index contributed by atoms with van der Waals surface area (Å²) in [6, 6.07) is -0.0694. The highest BCUT2D eigenvalue weighted by molar-refractivity contribution is 5.51. The lowest BCUT2D eigenvalue weighted by molar-refractivity contribution is 0.511. The fourth-order valence-electron chi connectivity index (χ4n) is 2.94. The number of hydrogen-bond acceptors (Lipinski definition) is 3. The van der Waals surface area contributed by atoms with Crippen molar-refractivity contribution in [2.24, 2.45) is 0 Å². The summed E-state index contributed by atoms with van der Waals surface area (Å²) in [7, 11) is 0. The van der Waals surface area contributed by atoms with Crippen LogP contribution in [0.15, 0.2) is 9.59 Å². The molecule has 17 heavy (non-hydrogen) atoms. The molecule has 0 spiro atoms. The van der Waals surface area contributed by atoms with Crippen molar-refractivity contribution in [2.75, 3.05) is 18.0 Å². The molecule has 0 amide bonds. The Labute approximate surface area is 99.3 Å². The standard InChI is InChI=1S/C12H17N3O2/c1-8(2)15-11(16)9-4-3-5-13-6-7-14(10(9)13)12(15)17/h8H,3-7H2,1-2H3. The molecule has 3 heterocycles. The molecule has 2 aliphatic heterocycles. The number of aromatic nitrogens is 2. The van der Waals surface area contributed by atoms with Crippen LogP contribution in [0.2, 0.25) is 0 Å². The van der Waals surface area contributed by atoms with Crippen LogP contribution in [0.4, 0.5) is 5.82 Å². The molecule has 2 aliphatic rings. The molecule has 0 aromatic carbocycles. The maximum Gasteiger partial charge on any atom is 0.332 e. The van der Waals surface area contributed by atoms with Gasteiger partial charge in [-0.05, 0) is 26.7 Å². The molecule has 0 saturated carbocycles. The summed E-state index contributed by atoms with van der Waals surface area (Å²) in [5.74, 6) is 0.892. The Bertz CT molecular complexity index is 583. The molecule has 1 aromatic heterocycles. The third-order valence-electron chi connectivity index (χ3n) is 3.70. The minimum absolute atomic E-state index is 0.0694. The zero-order valence-electron chi connectivity index (χ0n) is 10.3. The Balaban J connectivity index is 2.39. The highest BCUT2D eigenvalue weighted by Gasteiger charge is 2.30. The normalized spacial score (nSPS) is 17.7. The first-order chi connectivity index (χ1) is 8.11. The molecule has 0 aliphatic carbocycles. The molecule has 0 fully saturated rings. The van der Waals surface area contributed by atoms with E-state index in [0.717, 1.165) is 37.3 Å². The van der Waals surface area contributed by atoms with E-state index in [1.54, 1.807) is 4.57 Å². The van der Waals surface area contributed by atoms with Crippen molar-refractivity contribution >= 4 is 5.82 Å². The van der Waals surface area contributed by atoms with Crippen molar-refractivity contribution in [2.45, 2.75) is 39.3 Å². The molecular formula is C12H17N3O2. The van der Waals surface area contributed by atoms with Gasteiger partial charge in [0.25, 0.3) is 5.56 Å². The van der Waals surface area contributed by atoms with Gasteiger partial charge in [-0.15, -0.1) is 0 Å². The summed E-state index contributed by atoms with van der Waals surface area (Å²) in [5, 5.41) is 0. The predicted molar refractivity (Wildman–Crippen MR) is 65.9 cm³/mol. The van der Waals surface area contributed by atoms with Crippen molar-refractivity contribution in [1.29, 1.82) is 0 Å². The molecule has 0 saturated heterocycles. The van der Waals surface area contributed by atoms with Gasteiger partial charge in [-0.3, -0.25) is 13.9 Å². The topological polar surface area (TPSA) is 47.2 Å². The number of rotatable bonds is 1. The van der Waals surface area contributed by atoms with Crippen LogP contribution in [0, 0.1) is 0 Å². The second kappa shape index (κ2) is 3.48. The minimum Gasteiger partial charge on any atom is -0.356 e. The largest absolute Gasteiger partial charge is 0.356 e. The molecule has 0 atom stereocenters. The quantitative estimate of drug-likeness (QED) is 0.706. The Hall–Kier alpha value is -1.52. The summed E-state index contributed by atoms with van der Waals surface area (Å²) < 4.78 is 3.17. The van der Waals surface area contributed by atoms with Crippen LogP contribution in [-0.2, 0) is 13.0 Å². The van der Waals surface area contributed by atoms with Crippen molar-refractivity contribution in [1.82, 2.24) is 9.13 Å². The van der Waals surface area contributed by atoms with Crippen LogP contribution < -0.4 is 16.1 Å². The van der Waals surface area contributed by atoms with E-state index in [0.29, 0.717) is 6.54 Å². The lowest BCUT2D eigenvalue weighted by atomic mass is 10.1. The van der Waals surface area contributed by atoms with E-state index in [4.69, 9.17) is 0 Å². The lowest BCUT2D eigenvalue weighted by Gasteiger charge is -2.26. The van der Waals surface area contributed by atoms with Crippen molar-refractivity contribution in [3.8, 4) is 0 Å². The lowest BCUT2D eigenvalue weighted by Crippen LogP contribution is -2.44. The third-order valence-corrected chi connectivity index (χ3v) is 3.70. The number of anilines is 1. The molecular weight excluding hydrogens is 218 g/mol. The number of hydrogen-bond donors (Lipinski definition) is 0. The monoisotopic (exact) mass is 235 g/mol. The fourth-order valence-corrected chi connectivity index (χ4v) is 2.94. The van der Waals surface area contributed by atoms with Gasteiger partial charge in [0.2, 0.25) is 0 Å². The van der Waals surface area contributed by atoms with Crippen LogP contribution in [0.5, 0.6) is 0 Å². The van der Waals surface area contributed by atoms with Gasteiger partial charge >= 0.3 is 5.69 Å².